The summed E-state index contributed by atoms with van der Waals surface area (Å²) in [6.07, 6.45) is 5.17. The highest BCUT2D eigenvalue weighted by molar-refractivity contribution is 6.39. The van der Waals surface area contributed by atoms with Crippen LogP contribution in [-0.4, -0.2) is 54.0 Å². The Morgan fingerprint density at radius 1 is 1.22 bits per heavy atom. The van der Waals surface area contributed by atoms with Crippen molar-refractivity contribution in [2.75, 3.05) is 13.1 Å². The van der Waals surface area contributed by atoms with Gasteiger partial charge in [-0.3, -0.25) is 14.4 Å². The van der Waals surface area contributed by atoms with E-state index in [1.165, 1.54) is 30.5 Å². The van der Waals surface area contributed by atoms with Crippen LogP contribution in [0.5, 0.6) is 0 Å². The van der Waals surface area contributed by atoms with E-state index in [1.54, 1.807) is 12.1 Å². The molecule has 1 aromatic carbocycles. The van der Waals surface area contributed by atoms with Crippen LogP contribution in [0.25, 0.3) is 6.08 Å². The number of furan rings is 1. The van der Waals surface area contributed by atoms with Crippen LogP contribution in [-0.2, 0) is 20.9 Å². The molecule has 0 aliphatic carbocycles. The topological polar surface area (TPSA) is 150 Å². The molecule has 0 saturated carbocycles. The minimum atomic E-state index is -1.27. The number of benzene rings is 1. The van der Waals surface area contributed by atoms with Gasteiger partial charge in [-0.15, -0.1) is 0 Å². The quantitative estimate of drug-likeness (QED) is 0.270. The molecule has 3 amide bonds. The van der Waals surface area contributed by atoms with Crippen molar-refractivity contribution in [2.24, 2.45) is 5.92 Å². The first-order valence-corrected chi connectivity index (χ1v) is 12.4. The fraction of sp³-hybridized carbons (Fsp3) is 0.360. The number of rotatable bonds is 11. The molecule has 2 heterocycles. The van der Waals surface area contributed by atoms with Crippen LogP contribution in [0.15, 0.2) is 41.0 Å². The minimum Gasteiger partial charge on any atom is -0.480 e. The third-order valence-corrected chi connectivity index (χ3v) is 6.49. The van der Waals surface area contributed by atoms with E-state index < -0.39 is 17.9 Å². The van der Waals surface area contributed by atoms with Gasteiger partial charge >= 0.3 is 5.97 Å². The van der Waals surface area contributed by atoms with E-state index in [0.717, 1.165) is 13.0 Å². The smallest absolute Gasteiger partial charge is 0.326 e. The predicted molar refractivity (Wildman–Crippen MR) is 138 cm³/mol. The Bertz CT molecular complexity index is 1140. The third-order valence-electron chi connectivity index (χ3n) is 5.89. The average Bonchev–Trinajstić information content (AvgIpc) is 3.51. The van der Waals surface area contributed by atoms with Gasteiger partial charge in [-0.2, -0.15) is 0 Å². The second kappa shape index (κ2) is 13.3. The lowest BCUT2D eigenvalue weighted by atomic mass is 10.0. The lowest BCUT2D eigenvalue weighted by Crippen LogP contribution is -2.46. The van der Waals surface area contributed by atoms with Crippen LogP contribution in [0.1, 0.15) is 41.4 Å². The highest BCUT2D eigenvalue weighted by Crippen LogP contribution is 2.27. The molecule has 0 bridgehead atoms. The first-order valence-electron chi connectivity index (χ1n) is 11.7. The number of carboxylic acids is 1. The second-order valence-corrected chi connectivity index (χ2v) is 9.46. The number of nitrogens with one attached hydrogen (secondary N) is 4. The van der Waals surface area contributed by atoms with E-state index in [9.17, 15) is 24.3 Å². The maximum atomic E-state index is 12.8. The molecule has 3 atom stereocenters. The van der Waals surface area contributed by atoms with E-state index in [2.05, 4.69) is 21.3 Å². The maximum absolute atomic E-state index is 12.8. The number of hydrogen-bond donors (Lipinski definition) is 5. The molecular formula is C25H28Cl2N4O6. The van der Waals surface area contributed by atoms with E-state index in [1.807, 2.05) is 6.92 Å². The number of hydrogen-bond acceptors (Lipinski definition) is 6. The van der Waals surface area contributed by atoms with Crippen molar-refractivity contribution < 1.29 is 28.7 Å². The summed E-state index contributed by atoms with van der Waals surface area (Å²) in [7, 11) is 0. The van der Waals surface area contributed by atoms with Gasteiger partial charge in [-0.25, -0.2) is 4.79 Å². The van der Waals surface area contributed by atoms with Crippen molar-refractivity contribution in [3.05, 3.63) is 63.5 Å². The molecule has 1 aromatic heterocycles. The fourth-order valence-electron chi connectivity index (χ4n) is 3.86. The molecule has 12 heteroatoms. The standard InChI is InChI=1S/C25H28Cl2N4O6/c1-14-6-8-28-22(14)24(34)29-9-7-19(25(35)36)31-23(33)21-17(26)11-15(12-18(21)27)13-30-20(32)5-4-16-3-2-10-37-16/h2-5,10-12,14,19,22,28H,6-9,13H2,1H3,(H,29,34)(H,30,32)(H,31,33)(H,35,36)/b5-4+/t14-,19-,22-/m0/s1. The van der Waals surface area contributed by atoms with Gasteiger partial charge in [0.15, 0.2) is 0 Å². The zero-order chi connectivity index (χ0) is 26.9. The molecule has 198 valence electrons. The van der Waals surface area contributed by atoms with Gasteiger partial charge < -0.3 is 30.8 Å². The molecule has 10 nitrogen and oxygen atoms in total. The summed E-state index contributed by atoms with van der Waals surface area (Å²) in [5.41, 5.74) is 0.453. The van der Waals surface area contributed by atoms with E-state index >= 15 is 0 Å². The maximum Gasteiger partial charge on any atom is 0.326 e. The van der Waals surface area contributed by atoms with Crippen molar-refractivity contribution in [3.63, 3.8) is 0 Å². The number of amides is 3. The molecule has 1 aliphatic heterocycles. The zero-order valence-corrected chi connectivity index (χ0v) is 21.6. The molecule has 3 rings (SSSR count). The number of carbonyl (C=O) groups is 4. The summed E-state index contributed by atoms with van der Waals surface area (Å²) in [4.78, 5) is 48.8. The molecule has 1 fully saturated rings. The summed E-state index contributed by atoms with van der Waals surface area (Å²) in [5.74, 6) is -1.89. The molecule has 37 heavy (non-hydrogen) atoms. The normalized spacial score (nSPS) is 17.9. The van der Waals surface area contributed by atoms with E-state index in [-0.39, 0.29) is 58.9 Å². The highest BCUT2D eigenvalue weighted by atomic mass is 35.5. The SMILES string of the molecule is C[C@H]1CCN[C@@H]1C(=O)NCC[C@H](NC(=O)c1c(Cl)cc(CNC(=O)/C=C/c2ccco2)cc1Cl)C(=O)O. The number of aliphatic carboxylic acids is 1. The van der Waals surface area contributed by atoms with Gasteiger partial charge in [0.1, 0.15) is 11.8 Å². The number of carboxylic acid groups (broad SMARTS) is 1. The van der Waals surface area contributed by atoms with Crippen molar-refractivity contribution in [2.45, 2.75) is 38.4 Å². The van der Waals surface area contributed by atoms with Crippen molar-refractivity contribution >= 4 is 53.0 Å². The molecule has 2 aromatic rings. The van der Waals surface area contributed by atoms with Crippen LogP contribution >= 0.6 is 23.2 Å². The van der Waals surface area contributed by atoms with Gasteiger partial charge in [0, 0.05) is 19.2 Å². The molecule has 0 radical (unpaired) electrons. The fourth-order valence-corrected chi connectivity index (χ4v) is 4.56. The summed E-state index contributed by atoms with van der Waals surface area (Å²) >= 11 is 12.5. The first kappa shape index (κ1) is 28.2. The van der Waals surface area contributed by atoms with Crippen LogP contribution in [0, 0.1) is 5.92 Å². The number of halogens is 2. The Balaban J connectivity index is 1.55. The molecule has 5 N–H and O–H groups in total. The average molecular weight is 551 g/mol. The summed E-state index contributed by atoms with van der Waals surface area (Å²) in [6.45, 7) is 2.88. The predicted octanol–water partition coefficient (Wildman–Crippen LogP) is 2.60. The Kier molecular flexibility index (Phi) is 10.1. The lowest BCUT2D eigenvalue weighted by molar-refractivity contribution is -0.139. The van der Waals surface area contributed by atoms with Crippen molar-refractivity contribution in [1.29, 1.82) is 0 Å². The van der Waals surface area contributed by atoms with Gasteiger partial charge in [0.2, 0.25) is 11.8 Å². The lowest BCUT2D eigenvalue weighted by Gasteiger charge is -2.18. The zero-order valence-electron chi connectivity index (χ0n) is 20.1. The van der Waals surface area contributed by atoms with Gasteiger partial charge in [0.25, 0.3) is 5.91 Å². The minimum absolute atomic E-state index is 0.000821. The monoisotopic (exact) mass is 550 g/mol. The largest absolute Gasteiger partial charge is 0.480 e. The van der Waals surface area contributed by atoms with Crippen molar-refractivity contribution in [1.82, 2.24) is 21.3 Å². The van der Waals surface area contributed by atoms with Crippen LogP contribution in [0.2, 0.25) is 10.0 Å². The van der Waals surface area contributed by atoms with Gasteiger partial charge in [0.05, 0.1) is 27.9 Å². The molecular weight excluding hydrogens is 523 g/mol. The Labute approximate surface area is 223 Å². The molecule has 1 saturated heterocycles. The number of carbonyl (C=O) groups excluding carboxylic acids is 3. The van der Waals surface area contributed by atoms with Gasteiger partial charge in [-0.1, -0.05) is 30.1 Å². The van der Waals surface area contributed by atoms with E-state index in [0.29, 0.717) is 11.3 Å². The Hall–Kier alpha value is -3.34. The van der Waals surface area contributed by atoms with Crippen LogP contribution in [0.4, 0.5) is 0 Å². The van der Waals surface area contributed by atoms with Crippen LogP contribution < -0.4 is 21.3 Å². The van der Waals surface area contributed by atoms with Crippen LogP contribution in [0.3, 0.4) is 0 Å². The highest BCUT2D eigenvalue weighted by Gasteiger charge is 2.29. The molecule has 0 spiro atoms. The van der Waals surface area contributed by atoms with Gasteiger partial charge in [-0.05, 0) is 61.2 Å². The van der Waals surface area contributed by atoms with E-state index in [4.69, 9.17) is 27.6 Å². The molecule has 0 unspecified atom stereocenters. The molecule has 1 aliphatic rings. The summed E-state index contributed by atoms with van der Waals surface area (Å²) in [5, 5.41) is 20.4. The summed E-state index contributed by atoms with van der Waals surface area (Å²) in [6, 6.07) is 4.74. The third kappa shape index (κ3) is 8.08. The Morgan fingerprint density at radius 2 is 1.95 bits per heavy atom. The Morgan fingerprint density at radius 3 is 2.54 bits per heavy atom. The summed E-state index contributed by atoms with van der Waals surface area (Å²) < 4.78 is 5.12. The van der Waals surface area contributed by atoms with Crippen molar-refractivity contribution in [3.8, 4) is 0 Å². The second-order valence-electron chi connectivity index (χ2n) is 8.64. The first-order chi connectivity index (χ1) is 17.7.